The molecule has 0 aromatic carbocycles. The van der Waals surface area contributed by atoms with Crippen molar-refractivity contribution in [1.29, 1.82) is 0 Å². The van der Waals surface area contributed by atoms with Gasteiger partial charge in [0.05, 0.1) is 18.5 Å². The summed E-state index contributed by atoms with van der Waals surface area (Å²) in [6.45, 7) is 0. The molecule has 6 heteroatoms. The lowest BCUT2D eigenvalue weighted by molar-refractivity contribution is -0.385. The summed E-state index contributed by atoms with van der Waals surface area (Å²) in [4.78, 5) is 24.8. The van der Waals surface area contributed by atoms with E-state index in [1.165, 1.54) is 25.4 Å². The van der Waals surface area contributed by atoms with Crippen LogP contribution >= 0.6 is 0 Å². The van der Waals surface area contributed by atoms with Crippen molar-refractivity contribution in [3.8, 4) is 0 Å². The molecule has 15 heavy (non-hydrogen) atoms. The molecular formula is C9H10N2O4. The van der Waals surface area contributed by atoms with E-state index < -0.39 is 10.9 Å². The molecule has 1 aromatic rings. The number of ether oxygens (including phenoxy) is 1. The summed E-state index contributed by atoms with van der Waals surface area (Å²) in [5.74, 6) is -0.407. The molecule has 0 radical (unpaired) electrons. The van der Waals surface area contributed by atoms with Crippen LogP contribution in [0.15, 0.2) is 18.3 Å². The van der Waals surface area contributed by atoms with Crippen molar-refractivity contribution >= 4 is 11.7 Å². The molecule has 0 amide bonds. The molecule has 0 aliphatic carbocycles. The van der Waals surface area contributed by atoms with Crippen LogP contribution in [0.3, 0.4) is 0 Å². The minimum Gasteiger partial charge on any atom is -0.469 e. The van der Waals surface area contributed by atoms with Crippen LogP contribution in [0.25, 0.3) is 0 Å². The fourth-order valence-electron chi connectivity index (χ4n) is 1.11. The van der Waals surface area contributed by atoms with Crippen molar-refractivity contribution in [3.05, 3.63) is 34.1 Å². The topological polar surface area (TPSA) is 82.3 Å². The third-order valence-electron chi connectivity index (χ3n) is 1.86. The second-order valence-corrected chi connectivity index (χ2v) is 2.80. The predicted octanol–water partition coefficient (Wildman–Crippen LogP) is 1.10. The molecule has 1 rings (SSSR count). The Bertz CT molecular complexity index is 378. The minimum absolute atomic E-state index is 0.0681. The van der Waals surface area contributed by atoms with E-state index in [0.29, 0.717) is 5.69 Å². The van der Waals surface area contributed by atoms with Crippen molar-refractivity contribution in [2.45, 2.75) is 12.8 Å². The quantitative estimate of drug-likeness (QED) is 0.422. The van der Waals surface area contributed by atoms with Gasteiger partial charge in [0.15, 0.2) is 0 Å². The van der Waals surface area contributed by atoms with Crippen molar-refractivity contribution in [3.63, 3.8) is 0 Å². The van der Waals surface area contributed by atoms with Crippen molar-refractivity contribution < 1.29 is 14.5 Å². The Labute approximate surface area is 86.0 Å². The summed E-state index contributed by atoms with van der Waals surface area (Å²) in [6, 6.07) is 2.85. The minimum atomic E-state index is -0.514. The molecular weight excluding hydrogens is 200 g/mol. The Morgan fingerprint density at radius 1 is 1.67 bits per heavy atom. The highest BCUT2D eigenvalue weighted by Crippen LogP contribution is 2.16. The molecule has 0 saturated carbocycles. The third-order valence-corrected chi connectivity index (χ3v) is 1.86. The van der Waals surface area contributed by atoms with Gasteiger partial charge >= 0.3 is 5.97 Å². The summed E-state index contributed by atoms with van der Waals surface area (Å²) in [5.41, 5.74) is 0.231. The van der Waals surface area contributed by atoms with Gasteiger partial charge in [-0.05, 0) is 6.07 Å². The van der Waals surface area contributed by atoms with Gasteiger partial charge in [0.1, 0.15) is 5.69 Å². The molecule has 0 N–H and O–H groups in total. The summed E-state index contributed by atoms with van der Waals surface area (Å²) in [5, 5.41) is 10.6. The number of rotatable bonds is 4. The molecule has 80 valence electrons. The molecule has 0 saturated heterocycles. The van der Waals surface area contributed by atoms with Gasteiger partial charge in [-0.1, -0.05) is 0 Å². The molecule has 0 unspecified atom stereocenters. The Hall–Kier alpha value is -1.98. The lowest BCUT2D eigenvalue weighted by Gasteiger charge is -2.00. The Morgan fingerprint density at radius 3 is 3.00 bits per heavy atom. The van der Waals surface area contributed by atoms with Gasteiger partial charge in [0, 0.05) is 18.7 Å². The molecule has 0 bridgehead atoms. The third kappa shape index (κ3) is 3.01. The zero-order valence-corrected chi connectivity index (χ0v) is 8.17. The maximum Gasteiger partial charge on any atom is 0.305 e. The van der Waals surface area contributed by atoms with E-state index in [-0.39, 0.29) is 18.5 Å². The number of pyridine rings is 1. The molecule has 1 aromatic heterocycles. The lowest BCUT2D eigenvalue weighted by atomic mass is 10.2. The number of esters is 1. The average molecular weight is 210 g/mol. The Morgan fingerprint density at radius 2 is 2.40 bits per heavy atom. The van der Waals surface area contributed by atoms with E-state index in [0.717, 1.165) is 0 Å². The van der Waals surface area contributed by atoms with Gasteiger partial charge in [-0.3, -0.25) is 19.9 Å². The first-order chi connectivity index (χ1) is 7.15. The molecule has 0 aliphatic rings. The SMILES string of the molecule is COC(=O)CCc1ncccc1[N+](=O)[O-]. The van der Waals surface area contributed by atoms with Crippen LogP contribution in [0.5, 0.6) is 0 Å². The fourth-order valence-corrected chi connectivity index (χ4v) is 1.11. The van der Waals surface area contributed by atoms with Crippen LogP contribution < -0.4 is 0 Å². The van der Waals surface area contributed by atoms with E-state index in [4.69, 9.17) is 0 Å². The normalized spacial score (nSPS) is 9.67. The summed E-state index contributed by atoms with van der Waals surface area (Å²) in [7, 11) is 1.27. The van der Waals surface area contributed by atoms with Crippen LogP contribution in [0.2, 0.25) is 0 Å². The van der Waals surface area contributed by atoms with Crippen molar-refractivity contribution in [2.75, 3.05) is 7.11 Å². The monoisotopic (exact) mass is 210 g/mol. The number of aryl methyl sites for hydroxylation is 1. The van der Waals surface area contributed by atoms with E-state index in [9.17, 15) is 14.9 Å². The van der Waals surface area contributed by atoms with E-state index in [1.807, 2.05) is 0 Å². The van der Waals surface area contributed by atoms with Crippen LogP contribution in [0.1, 0.15) is 12.1 Å². The fraction of sp³-hybridized carbons (Fsp3) is 0.333. The number of hydrogen-bond donors (Lipinski definition) is 0. The van der Waals surface area contributed by atoms with Crippen LogP contribution in [0.4, 0.5) is 5.69 Å². The highest BCUT2D eigenvalue weighted by Gasteiger charge is 2.14. The van der Waals surface area contributed by atoms with Gasteiger partial charge in [-0.2, -0.15) is 0 Å². The largest absolute Gasteiger partial charge is 0.469 e. The van der Waals surface area contributed by atoms with Gasteiger partial charge in [-0.15, -0.1) is 0 Å². The zero-order chi connectivity index (χ0) is 11.3. The lowest BCUT2D eigenvalue weighted by Crippen LogP contribution is -2.05. The van der Waals surface area contributed by atoms with Gasteiger partial charge in [0.25, 0.3) is 5.69 Å². The van der Waals surface area contributed by atoms with Crippen molar-refractivity contribution in [2.24, 2.45) is 0 Å². The Balaban J connectivity index is 2.76. The summed E-state index contributed by atoms with van der Waals surface area (Å²) in [6.07, 6.45) is 1.76. The van der Waals surface area contributed by atoms with Gasteiger partial charge < -0.3 is 4.74 Å². The first kappa shape index (κ1) is 11.1. The number of aromatic nitrogens is 1. The number of carbonyl (C=O) groups is 1. The van der Waals surface area contributed by atoms with E-state index in [2.05, 4.69) is 9.72 Å². The predicted molar refractivity (Wildman–Crippen MR) is 51.2 cm³/mol. The summed E-state index contributed by atoms with van der Waals surface area (Å²) < 4.78 is 4.44. The second kappa shape index (κ2) is 5.04. The zero-order valence-electron chi connectivity index (χ0n) is 8.17. The first-order valence-corrected chi connectivity index (χ1v) is 4.30. The first-order valence-electron chi connectivity index (χ1n) is 4.30. The van der Waals surface area contributed by atoms with Crippen LogP contribution in [-0.4, -0.2) is 23.0 Å². The van der Waals surface area contributed by atoms with E-state index >= 15 is 0 Å². The molecule has 0 atom stereocenters. The molecule has 6 nitrogen and oxygen atoms in total. The van der Waals surface area contributed by atoms with Gasteiger partial charge in [-0.25, -0.2) is 0 Å². The average Bonchev–Trinajstić information content (AvgIpc) is 2.26. The molecule has 0 spiro atoms. The number of hydrogen-bond acceptors (Lipinski definition) is 5. The molecule has 0 fully saturated rings. The maximum absolute atomic E-state index is 10.8. The number of methoxy groups -OCH3 is 1. The highest BCUT2D eigenvalue weighted by molar-refractivity contribution is 5.69. The van der Waals surface area contributed by atoms with E-state index in [1.54, 1.807) is 0 Å². The maximum atomic E-state index is 10.8. The number of nitro groups is 1. The number of carbonyl (C=O) groups excluding carboxylic acids is 1. The van der Waals surface area contributed by atoms with Crippen molar-refractivity contribution in [1.82, 2.24) is 4.98 Å². The highest BCUT2D eigenvalue weighted by atomic mass is 16.6. The van der Waals surface area contributed by atoms with Crippen LogP contribution in [0, 0.1) is 10.1 Å². The summed E-state index contributed by atoms with van der Waals surface area (Å²) >= 11 is 0. The second-order valence-electron chi connectivity index (χ2n) is 2.80. The molecule has 1 heterocycles. The number of nitrogens with zero attached hydrogens (tertiary/aromatic N) is 2. The molecule has 0 aliphatic heterocycles. The smallest absolute Gasteiger partial charge is 0.305 e. The standard InChI is InChI=1S/C9H10N2O4/c1-15-9(12)5-4-7-8(11(13)14)3-2-6-10-7/h2-3,6H,4-5H2,1H3. The van der Waals surface area contributed by atoms with Gasteiger partial charge in [0.2, 0.25) is 0 Å². The van der Waals surface area contributed by atoms with Crippen LogP contribution in [-0.2, 0) is 16.0 Å². The Kier molecular flexibility index (Phi) is 3.73.